The number of aromatic nitrogens is 2. The molecule has 4 rings (SSSR count). The third kappa shape index (κ3) is 4.33. The minimum Gasteiger partial charge on any atom is -0.497 e. The fraction of sp³-hybridized carbons (Fsp3) is 0.478. The van der Waals surface area contributed by atoms with Gasteiger partial charge in [0, 0.05) is 57.1 Å². The van der Waals surface area contributed by atoms with E-state index in [0.29, 0.717) is 37.4 Å². The highest BCUT2D eigenvalue weighted by atomic mass is 16.5. The molecule has 1 aromatic carbocycles. The van der Waals surface area contributed by atoms with E-state index in [1.807, 2.05) is 35.0 Å². The number of hydrogen-bond acceptors (Lipinski definition) is 6. The summed E-state index contributed by atoms with van der Waals surface area (Å²) in [6, 6.07) is 7.23. The normalized spacial score (nSPS) is 18.4. The fourth-order valence-electron chi connectivity index (χ4n) is 4.41. The summed E-state index contributed by atoms with van der Waals surface area (Å²) in [6.07, 6.45) is 2.62. The molecule has 8 nitrogen and oxygen atoms in total. The van der Waals surface area contributed by atoms with Crippen LogP contribution < -0.4 is 10.1 Å². The summed E-state index contributed by atoms with van der Waals surface area (Å²) in [7, 11) is 3.44. The zero-order valence-electron chi connectivity index (χ0n) is 18.4. The van der Waals surface area contributed by atoms with Crippen molar-refractivity contribution in [3.8, 4) is 5.75 Å². The molecule has 0 spiro atoms. The van der Waals surface area contributed by atoms with Crippen LogP contribution in [0, 0.1) is 0 Å². The van der Waals surface area contributed by atoms with Crippen molar-refractivity contribution in [2.24, 2.45) is 0 Å². The zero-order valence-corrected chi connectivity index (χ0v) is 18.4. The van der Waals surface area contributed by atoms with Crippen LogP contribution in [0.1, 0.15) is 53.1 Å². The van der Waals surface area contributed by atoms with Crippen molar-refractivity contribution in [3.05, 3.63) is 46.9 Å². The summed E-state index contributed by atoms with van der Waals surface area (Å²) in [5.41, 5.74) is 2.56. The molecule has 0 radical (unpaired) electrons. The molecule has 2 aliphatic rings. The number of carbonyl (C=O) groups is 2. The van der Waals surface area contributed by atoms with Gasteiger partial charge in [0.2, 0.25) is 5.91 Å². The topological polar surface area (TPSA) is 87.7 Å². The molecule has 1 aromatic heterocycles. The lowest BCUT2D eigenvalue weighted by Gasteiger charge is -2.33. The summed E-state index contributed by atoms with van der Waals surface area (Å²) in [6.45, 7) is 4.15. The first-order valence-corrected chi connectivity index (χ1v) is 10.8. The Hall–Kier alpha value is -3.16. The number of benzene rings is 1. The van der Waals surface area contributed by atoms with Gasteiger partial charge in [-0.1, -0.05) is 6.07 Å². The summed E-state index contributed by atoms with van der Waals surface area (Å²) >= 11 is 0. The average Bonchev–Trinajstić information content (AvgIpc) is 2.82. The Bertz CT molecular complexity index is 976. The molecule has 1 fully saturated rings. The summed E-state index contributed by atoms with van der Waals surface area (Å²) < 4.78 is 5.25. The van der Waals surface area contributed by atoms with Crippen LogP contribution in [0.25, 0.3) is 0 Å². The molecule has 0 unspecified atom stereocenters. The highest BCUT2D eigenvalue weighted by Crippen LogP contribution is 2.30. The Labute approximate surface area is 182 Å². The summed E-state index contributed by atoms with van der Waals surface area (Å²) in [4.78, 5) is 38.3. The molecule has 0 aliphatic carbocycles. The molecule has 3 heterocycles. The molecule has 164 valence electrons. The molecule has 8 heteroatoms. The van der Waals surface area contributed by atoms with E-state index >= 15 is 0 Å². The van der Waals surface area contributed by atoms with Crippen LogP contribution in [0.5, 0.6) is 5.75 Å². The minimum absolute atomic E-state index is 0.0277. The van der Waals surface area contributed by atoms with Gasteiger partial charge in [-0.15, -0.1) is 0 Å². The van der Waals surface area contributed by atoms with Crippen LogP contribution in [-0.2, 0) is 17.8 Å². The SMILES string of the molecule is CNc1nc([C@H]2CCCN(C(C)=O)C2)nc2c1CN(C(=O)c1cccc(OC)c1)CC2. The van der Waals surface area contributed by atoms with Crippen molar-refractivity contribution in [3.63, 3.8) is 0 Å². The quantitative estimate of drug-likeness (QED) is 0.813. The van der Waals surface area contributed by atoms with E-state index in [1.165, 1.54) is 0 Å². The number of methoxy groups -OCH3 is 1. The molecular formula is C23H29N5O3. The molecule has 1 N–H and O–H groups in total. The van der Waals surface area contributed by atoms with Gasteiger partial charge < -0.3 is 19.9 Å². The van der Waals surface area contributed by atoms with E-state index in [-0.39, 0.29) is 17.7 Å². The lowest BCUT2D eigenvalue weighted by molar-refractivity contribution is -0.130. The van der Waals surface area contributed by atoms with E-state index < -0.39 is 0 Å². The number of likely N-dealkylation sites (tertiary alicyclic amines) is 1. The molecule has 31 heavy (non-hydrogen) atoms. The number of carbonyl (C=O) groups excluding carboxylic acids is 2. The maximum Gasteiger partial charge on any atom is 0.254 e. The monoisotopic (exact) mass is 423 g/mol. The maximum absolute atomic E-state index is 13.1. The number of hydrogen-bond donors (Lipinski definition) is 1. The average molecular weight is 424 g/mol. The molecule has 1 atom stereocenters. The third-order valence-corrected chi connectivity index (χ3v) is 6.15. The smallest absolute Gasteiger partial charge is 0.254 e. The predicted molar refractivity (Wildman–Crippen MR) is 117 cm³/mol. The summed E-state index contributed by atoms with van der Waals surface area (Å²) in [5, 5.41) is 3.20. The van der Waals surface area contributed by atoms with Gasteiger partial charge >= 0.3 is 0 Å². The highest BCUT2D eigenvalue weighted by molar-refractivity contribution is 5.94. The van der Waals surface area contributed by atoms with Crippen molar-refractivity contribution >= 4 is 17.6 Å². The first kappa shape index (κ1) is 21.1. The van der Waals surface area contributed by atoms with Crippen LogP contribution in [0.4, 0.5) is 5.82 Å². The summed E-state index contributed by atoms with van der Waals surface area (Å²) in [5.74, 6) is 2.44. The predicted octanol–water partition coefficient (Wildman–Crippen LogP) is 2.45. The largest absolute Gasteiger partial charge is 0.497 e. The second-order valence-electron chi connectivity index (χ2n) is 8.12. The van der Waals surface area contributed by atoms with Gasteiger partial charge in [-0.2, -0.15) is 0 Å². The van der Waals surface area contributed by atoms with E-state index in [1.54, 1.807) is 20.1 Å². The number of piperidine rings is 1. The van der Waals surface area contributed by atoms with E-state index in [0.717, 1.165) is 42.3 Å². The number of fused-ring (bicyclic) bond motifs is 1. The second kappa shape index (κ2) is 8.91. The first-order valence-electron chi connectivity index (χ1n) is 10.8. The molecular weight excluding hydrogens is 394 g/mol. The third-order valence-electron chi connectivity index (χ3n) is 6.15. The van der Waals surface area contributed by atoms with Crippen LogP contribution in [0.3, 0.4) is 0 Å². The zero-order chi connectivity index (χ0) is 22.0. The molecule has 0 saturated carbocycles. The standard InChI is InChI=1S/C23H29N5O3/c1-15(29)27-10-5-7-17(13-27)21-25-20-9-11-28(14-19(20)22(24-2)26-21)23(30)16-6-4-8-18(12-16)31-3/h4,6,8,12,17H,5,7,9-11,13-14H2,1-3H3,(H,24,25,26)/t17-/m0/s1. The number of anilines is 1. The van der Waals surface area contributed by atoms with Crippen LogP contribution >= 0.6 is 0 Å². The highest BCUT2D eigenvalue weighted by Gasteiger charge is 2.30. The van der Waals surface area contributed by atoms with Crippen LogP contribution in [0.15, 0.2) is 24.3 Å². The van der Waals surface area contributed by atoms with Gasteiger partial charge in [0.1, 0.15) is 17.4 Å². The number of nitrogens with one attached hydrogen (secondary N) is 1. The Morgan fingerprint density at radius 3 is 2.77 bits per heavy atom. The molecule has 0 bridgehead atoms. The fourth-order valence-corrected chi connectivity index (χ4v) is 4.41. The van der Waals surface area contributed by atoms with E-state index in [9.17, 15) is 9.59 Å². The van der Waals surface area contributed by atoms with Crippen molar-refractivity contribution in [2.75, 3.05) is 39.1 Å². The lowest BCUT2D eigenvalue weighted by atomic mass is 9.96. The molecule has 2 aromatic rings. The van der Waals surface area contributed by atoms with Gasteiger partial charge in [-0.05, 0) is 31.0 Å². The molecule has 2 amide bonds. The molecule has 1 saturated heterocycles. The number of rotatable bonds is 4. The van der Waals surface area contributed by atoms with Crippen molar-refractivity contribution in [1.29, 1.82) is 0 Å². The van der Waals surface area contributed by atoms with Gasteiger partial charge in [-0.3, -0.25) is 9.59 Å². The minimum atomic E-state index is -0.0277. The number of nitrogens with zero attached hydrogens (tertiary/aromatic N) is 4. The maximum atomic E-state index is 13.1. The van der Waals surface area contributed by atoms with Gasteiger partial charge in [0.15, 0.2) is 0 Å². The Balaban J connectivity index is 1.57. The van der Waals surface area contributed by atoms with Gasteiger partial charge in [0.25, 0.3) is 5.91 Å². The van der Waals surface area contributed by atoms with Gasteiger partial charge in [0.05, 0.1) is 19.3 Å². The lowest BCUT2D eigenvalue weighted by Crippen LogP contribution is -2.39. The Kier molecular flexibility index (Phi) is 6.06. The first-order chi connectivity index (χ1) is 15.0. The van der Waals surface area contributed by atoms with Crippen molar-refractivity contribution < 1.29 is 14.3 Å². The van der Waals surface area contributed by atoms with E-state index in [4.69, 9.17) is 14.7 Å². The van der Waals surface area contributed by atoms with Gasteiger partial charge in [-0.25, -0.2) is 9.97 Å². The second-order valence-corrected chi connectivity index (χ2v) is 8.12. The number of ether oxygens (including phenoxy) is 1. The molecule has 2 aliphatic heterocycles. The van der Waals surface area contributed by atoms with Crippen molar-refractivity contribution in [2.45, 2.75) is 38.6 Å². The van der Waals surface area contributed by atoms with Crippen LogP contribution in [0.2, 0.25) is 0 Å². The van der Waals surface area contributed by atoms with Crippen LogP contribution in [-0.4, -0.2) is 65.4 Å². The Morgan fingerprint density at radius 2 is 2.03 bits per heavy atom. The number of amides is 2. The Morgan fingerprint density at radius 1 is 1.19 bits per heavy atom. The van der Waals surface area contributed by atoms with E-state index in [2.05, 4.69) is 5.32 Å². The van der Waals surface area contributed by atoms with Crippen molar-refractivity contribution in [1.82, 2.24) is 19.8 Å².